The van der Waals surface area contributed by atoms with E-state index in [9.17, 15) is 13.2 Å². The topological polar surface area (TPSA) is 68.2 Å². The number of fused-ring (bicyclic) bond motifs is 2. The maximum absolute atomic E-state index is 12.7. The number of benzene rings is 3. The minimum absolute atomic E-state index is 0.0286. The van der Waals surface area contributed by atoms with Gasteiger partial charge in [-0.2, -0.15) is 0 Å². The van der Waals surface area contributed by atoms with Crippen LogP contribution in [0.15, 0.2) is 70.4 Å². The second-order valence-electron chi connectivity index (χ2n) is 7.60. The minimum atomic E-state index is -3.63. The van der Waals surface area contributed by atoms with Crippen molar-refractivity contribution in [3.63, 3.8) is 0 Å². The van der Waals surface area contributed by atoms with Crippen LogP contribution in [0.3, 0.4) is 0 Å². The number of thiazole rings is 1. The van der Waals surface area contributed by atoms with Crippen LogP contribution in [-0.4, -0.2) is 19.5 Å². The first-order valence-corrected chi connectivity index (χ1v) is 12.3. The average Bonchev–Trinajstić information content (AvgIpc) is 3.06. The Kier molecular flexibility index (Phi) is 5.77. The number of hydrogen-bond acceptors (Lipinski definition) is 4. The molecule has 0 saturated heterocycles. The zero-order chi connectivity index (χ0) is 21.3. The molecule has 0 spiro atoms. The van der Waals surface area contributed by atoms with Gasteiger partial charge in [-0.05, 0) is 61.2 Å². The van der Waals surface area contributed by atoms with Crippen LogP contribution in [0, 0.1) is 0 Å². The van der Waals surface area contributed by atoms with Gasteiger partial charge in [0, 0.05) is 12.6 Å². The highest BCUT2D eigenvalue weighted by Crippen LogP contribution is 2.24. The maximum Gasteiger partial charge on any atom is 0.308 e. The van der Waals surface area contributed by atoms with E-state index in [4.69, 9.17) is 0 Å². The van der Waals surface area contributed by atoms with Crippen LogP contribution in [0.2, 0.25) is 0 Å². The van der Waals surface area contributed by atoms with Gasteiger partial charge >= 0.3 is 4.87 Å². The molecule has 3 aromatic carbocycles. The molecule has 0 atom stereocenters. The zero-order valence-electron chi connectivity index (χ0n) is 17.0. The van der Waals surface area contributed by atoms with Gasteiger partial charge in [-0.15, -0.1) is 0 Å². The number of aryl methyl sites for hydroxylation is 1. The van der Waals surface area contributed by atoms with Gasteiger partial charge in [-0.3, -0.25) is 9.36 Å². The van der Waals surface area contributed by atoms with Gasteiger partial charge in [0.25, 0.3) is 0 Å². The molecule has 0 aliphatic heterocycles. The van der Waals surface area contributed by atoms with E-state index in [0.717, 1.165) is 23.3 Å². The van der Waals surface area contributed by atoms with Crippen LogP contribution in [0.5, 0.6) is 0 Å². The molecule has 30 heavy (non-hydrogen) atoms. The summed E-state index contributed by atoms with van der Waals surface area (Å²) < 4.78 is 30.5. The van der Waals surface area contributed by atoms with Gasteiger partial charge in [0.1, 0.15) is 0 Å². The predicted molar refractivity (Wildman–Crippen MR) is 124 cm³/mol. The molecule has 1 N–H and O–H groups in total. The van der Waals surface area contributed by atoms with E-state index >= 15 is 0 Å². The first-order valence-electron chi connectivity index (χ1n) is 9.98. The molecular weight excluding hydrogens is 416 g/mol. The van der Waals surface area contributed by atoms with Crippen molar-refractivity contribution in [2.45, 2.75) is 37.6 Å². The Bertz CT molecular complexity index is 1360. The van der Waals surface area contributed by atoms with E-state index in [1.807, 2.05) is 32.0 Å². The maximum atomic E-state index is 12.7. The molecule has 0 radical (unpaired) electrons. The smallest absolute Gasteiger partial charge is 0.296 e. The number of aromatic nitrogens is 1. The van der Waals surface area contributed by atoms with E-state index in [2.05, 4.69) is 29.0 Å². The van der Waals surface area contributed by atoms with Gasteiger partial charge in [-0.1, -0.05) is 53.8 Å². The summed E-state index contributed by atoms with van der Waals surface area (Å²) in [5, 5.41) is 2.40. The molecule has 0 unspecified atom stereocenters. The van der Waals surface area contributed by atoms with E-state index < -0.39 is 10.0 Å². The molecule has 7 heteroatoms. The third-order valence-electron chi connectivity index (χ3n) is 5.21. The molecule has 0 aliphatic rings. The summed E-state index contributed by atoms with van der Waals surface area (Å²) in [5.41, 5.74) is 1.99. The highest BCUT2D eigenvalue weighted by molar-refractivity contribution is 7.89. The van der Waals surface area contributed by atoms with Crippen molar-refractivity contribution in [2.75, 3.05) is 6.54 Å². The summed E-state index contributed by atoms with van der Waals surface area (Å²) in [4.78, 5) is 12.3. The van der Waals surface area contributed by atoms with E-state index in [1.165, 1.54) is 16.3 Å². The molecular formula is C23H24N2O3S2. The molecule has 156 valence electrons. The van der Waals surface area contributed by atoms with Crippen molar-refractivity contribution in [1.29, 1.82) is 0 Å². The summed E-state index contributed by atoms with van der Waals surface area (Å²) in [6.45, 7) is 4.23. The van der Waals surface area contributed by atoms with E-state index in [-0.39, 0.29) is 15.8 Å². The quantitative estimate of drug-likeness (QED) is 0.423. The Morgan fingerprint density at radius 3 is 2.60 bits per heavy atom. The lowest BCUT2D eigenvalue weighted by Gasteiger charge is -2.10. The monoisotopic (exact) mass is 440 g/mol. The Morgan fingerprint density at radius 1 is 1.03 bits per heavy atom. The Balaban J connectivity index is 1.46. The third kappa shape index (κ3) is 4.05. The standard InChI is InChI=1S/C23H24N2O3S2/c1-16(2)25-21-13-12-19(15-22(21)29-23(25)26)30(27,28)24-14-6-10-18-9-5-8-17-7-3-4-11-20(17)18/h3-5,7-9,11-13,15-16,24H,6,10,14H2,1-2H3. The number of hydrogen-bond donors (Lipinski definition) is 1. The summed E-state index contributed by atoms with van der Waals surface area (Å²) in [5.74, 6) is 0. The lowest BCUT2D eigenvalue weighted by molar-refractivity contribution is 0.579. The van der Waals surface area contributed by atoms with Crippen LogP contribution in [-0.2, 0) is 16.4 Å². The largest absolute Gasteiger partial charge is 0.308 e. The minimum Gasteiger partial charge on any atom is -0.296 e. The van der Waals surface area contributed by atoms with Crippen molar-refractivity contribution >= 4 is 42.3 Å². The van der Waals surface area contributed by atoms with Gasteiger partial charge in [-0.25, -0.2) is 13.1 Å². The van der Waals surface area contributed by atoms with Crippen molar-refractivity contribution in [1.82, 2.24) is 9.29 Å². The predicted octanol–water partition coefficient (Wildman–Crippen LogP) is 4.71. The first kappa shape index (κ1) is 20.8. The molecule has 0 aliphatic carbocycles. The van der Waals surface area contributed by atoms with Crippen molar-refractivity contribution in [3.8, 4) is 0 Å². The van der Waals surface area contributed by atoms with Gasteiger partial charge < -0.3 is 0 Å². The number of nitrogens with zero attached hydrogens (tertiary/aromatic N) is 1. The number of rotatable bonds is 7. The Morgan fingerprint density at radius 2 is 1.80 bits per heavy atom. The average molecular weight is 441 g/mol. The normalized spacial score (nSPS) is 12.2. The summed E-state index contributed by atoms with van der Waals surface area (Å²) in [7, 11) is -3.63. The molecule has 4 rings (SSSR count). The van der Waals surface area contributed by atoms with Crippen molar-refractivity contribution in [3.05, 3.63) is 75.9 Å². The molecule has 0 amide bonds. The molecule has 0 bridgehead atoms. The molecule has 5 nitrogen and oxygen atoms in total. The van der Waals surface area contributed by atoms with E-state index in [0.29, 0.717) is 17.7 Å². The summed E-state index contributed by atoms with van der Waals surface area (Å²) in [6.07, 6.45) is 1.49. The van der Waals surface area contributed by atoms with Crippen molar-refractivity contribution in [2.24, 2.45) is 0 Å². The van der Waals surface area contributed by atoms with Gasteiger partial charge in [0.2, 0.25) is 10.0 Å². The van der Waals surface area contributed by atoms with Crippen LogP contribution < -0.4 is 9.60 Å². The SMILES string of the molecule is CC(C)n1c(=O)sc2cc(S(=O)(=O)NCCCc3cccc4ccccc34)ccc21. The number of nitrogens with one attached hydrogen (secondary N) is 1. The fourth-order valence-electron chi connectivity index (χ4n) is 3.75. The highest BCUT2D eigenvalue weighted by atomic mass is 32.2. The lowest BCUT2D eigenvalue weighted by Crippen LogP contribution is -2.25. The number of sulfonamides is 1. The van der Waals surface area contributed by atoms with Crippen LogP contribution in [0.1, 0.15) is 31.9 Å². The van der Waals surface area contributed by atoms with Crippen LogP contribution in [0.25, 0.3) is 21.0 Å². The van der Waals surface area contributed by atoms with Crippen LogP contribution >= 0.6 is 11.3 Å². The second-order valence-corrected chi connectivity index (χ2v) is 10.4. The van der Waals surface area contributed by atoms with Gasteiger partial charge in [0.15, 0.2) is 0 Å². The van der Waals surface area contributed by atoms with E-state index in [1.54, 1.807) is 22.8 Å². The highest BCUT2D eigenvalue weighted by Gasteiger charge is 2.17. The zero-order valence-corrected chi connectivity index (χ0v) is 18.6. The fourth-order valence-corrected chi connectivity index (χ4v) is 5.98. The summed E-state index contributed by atoms with van der Waals surface area (Å²) in [6, 6.07) is 19.3. The van der Waals surface area contributed by atoms with Crippen molar-refractivity contribution < 1.29 is 8.42 Å². The van der Waals surface area contributed by atoms with Gasteiger partial charge in [0.05, 0.1) is 15.1 Å². The summed E-state index contributed by atoms with van der Waals surface area (Å²) >= 11 is 1.08. The molecule has 0 fully saturated rings. The molecule has 0 saturated carbocycles. The second kappa shape index (κ2) is 8.34. The lowest BCUT2D eigenvalue weighted by atomic mass is 10.0. The first-order chi connectivity index (χ1) is 14.4. The molecule has 1 aromatic heterocycles. The van der Waals surface area contributed by atoms with Crippen LogP contribution in [0.4, 0.5) is 0 Å². The Hall–Kier alpha value is -2.48. The third-order valence-corrected chi connectivity index (χ3v) is 7.58. The Labute approximate surface area is 180 Å². The molecule has 1 heterocycles. The fraction of sp³-hybridized carbons (Fsp3) is 0.261. The molecule has 4 aromatic rings.